The Morgan fingerprint density at radius 2 is 1.87 bits per heavy atom. The van der Waals surface area contributed by atoms with Gasteiger partial charge in [-0.2, -0.15) is 0 Å². The van der Waals surface area contributed by atoms with Crippen LogP contribution < -0.4 is 5.32 Å². The van der Waals surface area contributed by atoms with Gasteiger partial charge >= 0.3 is 5.97 Å². The highest BCUT2D eigenvalue weighted by Gasteiger charge is 2.16. The van der Waals surface area contributed by atoms with E-state index in [1.807, 2.05) is 27.7 Å². The third kappa shape index (κ3) is 9.25. The molecule has 0 rings (SSSR count). The second-order valence-electron chi connectivity index (χ2n) is 5.24. The van der Waals surface area contributed by atoms with Crippen LogP contribution in [-0.2, 0) is 9.59 Å². The number of carboxylic acids is 1. The topological polar surface area (TPSA) is 66.4 Å². The predicted molar refractivity (Wildman–Crippen MR) is 58.5 cm³/mol. The number of carbonyl (C=O) groups excluding carboxylic acids is 1. The Kier molecular flexibility index (Phi) is 5.33. The third-order valence-electron chi connectivity index (χ3n) is 1.86. The van der Waals surface area contributed by atoms with Gasteiger partial charge in [0.2, 0.25) is 5.91 Å². The highest BCUT2D eigenvalue weighted by molar-refractivity contribution is 5.76. The third-order valence-corrected chi connectivity index (χ3v) is 1.86. The molecule has 0 heterocycles. The Balaban J connectivity index is 3.76. The molecule has 0 aliphatic heterocycles. The van der Waals surface area contributed by atoms with E-state index in [4.69, 9.17) is 5.11 Å². The molecule has 1 atom stereocenters. The molecule has 0 aromatic rings. The quantitative estimate of drug-likeness (QED) is 0.732. The molecule has 0 saturated carbocycles. The fraction of sp³-hybridized carbons (Fsp3) is 0.818. The second kappa shape index (κ2) is 5.73. The summed E-state index contributed by atoms with van der Waals surface area (Å²) in [5.41, 5.74) is -0.0277. The number of amides is 1. The van der Waals surface area contributed by atoms with Crippen molar-refractivity contribution in [2.45, 2.75) is 40.5 Å². The van der Waals surface area contributed by atoms with Gasteiger partial charge in [-0.05, 0) is 11.3 Å². The summed E-state index contributed by atoms with van der Waals surface area (Å²) in [5.74, 6) is -0.862. The summed E-state index contributed by atoms with van der Waals surface area (Å²) in [7, 11) is 0. The fourth-order valence-electron chi connectivity index (χ4n) is 1.20. The van der Waals surface area contributed by atoms with Crippen LogP contribution in [0.3, 0.4) is 0 Å². The zero-order valence-electron chi connectivity index (χ0n) is 9.96. The van der Waals surface area contributed by atoms with Gasteiger partial charge < -0.3 is 10.4 Å². The first kappa shape index (κ1) is 13.9. The van der Waals surface area contributed by atoms with E-state index in [2.05, 4.69) is 5.32 Å². The molecule has 1 amide bonds. The first-order valence-corrected chi connectivity index (χ1v) is 5.19. The van der Waals surface area contributed by atoms with Gasteiger partial charge in [-0.15, -0.1) is 0 Å². The van der Waals surface area contributed by atoms with Crippen LogP contribution >= 0.6 is 0 Å². The van der Waals surface area contributed by atoms with Gasteiger partial charge in [-0.25, -0.2) is 0 Å². The molecule has 0 radical (unpaired) electrons. The van der Waals surface area contributed by atoms with E-state index in [-0.39, 0.29) is 23.7 Å². The SMILES string of the molecule is CC(CNC(=O)CC(C)(C)C)CC(=O)O. The highest BCUT2D eigenvalue weighted by atomic mass is 16.4. The Hall–Kier alpha value is -1.06. The molecular weight excluding hydrogens is 194 g/mol. The normalized spacial score (nSPS) is 13.3. The van der Waals surface area contributed by atoms with Crippen LogP contribution in [-0.4, -0.2) is 23.5 Å². The van der Waals surface area contributed by atoms with Crippen molar-refractivity contribution < 1.29 is 14.7 Å². The smallest absolute Gasteiger partial charge is 0.303 e. The van der Waals surface area contributed by atoms with Crippen LogP contribution in [0, 0.1) is 11.3 Å². The summed E-state index contributed by atoms with van der Waals surface area (Å²) >= 11 is 0. The number of hydrogen-bond donors (Lipinski definition) is 2. The van der Waals surface area contributed by atoms with Crippen molar-refractivity contribution in [3.05, 3.63) is 0 Å². The summed E-state index contributed by atoms with van der Waals surface area (Å²) in [6.45, 7) is 8.22. The Morgan fingerprint density at radius 3 is 2.27 bits per heavy atom. The molecule has 4 nitrogen and oxygen atoms in total. The largest absolute Gasteiger partial charge is 0.481 e. The van der Waals surface area contributed by atoms with Crippen molar-refractivity contribution in [1.29, 1.82) is 0 Å². The van der Waals surface area contributed by atoms with Crippen LogP contribution in [0.1, 0.15) is 40.5 Å². The maximum absolute atomic E-state index is 11.4. The number of aliphatic carboxylic acids is 1. The van der Waals surface area contributed by atoms with Gasteiger partial charge in [-0.3, -0.25) is 9.59 Å². The summed E-state index contributed by atoms with van der Waals surface area (Å²) in [5, 5.41) is 11.3. The molecule has 4 heteroatoms. The zero-order chi connectivity index (χ0) is 12.1. The van der Waals surface area contributed by atoms with Crippen molar-refractivity contribution in [3.63, 3.8) is 0 Å². The lowest BCUT2D eigenvalue weighted by molar-refractivity contribution is -0.138. The van der Waals surface area contributed by atoms with E-state index in [9.17, 15) is 9.59 Å². The number of hydrogen-bond acceptors (Lipinski definition) is 2. The minimum absolute atomic E-state index is 0.0141. The van der Waals surface area contributed by atoms with Crippen molar-refractivity contribution in [3.8, 4) is 0 Å². The van der Waals surface area contributed by atoms with Gasteiger partial charge in [0.05, 0.1) is 0 Å². The van der Waals surface area contributed by atoms with E-state index in [1.165, 1.54) is 0 Å². The van der Waals surface area contributed by atoms with Crippen molar-refractivity contribution in [1.82, 2.24) is 5.32 Å². The zero-order valence-corrected chi connectivity index (χ0v) is 9.96. The predicted octanol–water partition coefficient (Wildman–Crippen LogP) is 1.65. The van der Waals surface area contributed by atoms with Gasteiger partial charge in [0.25, 0.3) is 0 Å². The van der Waals surface area contributed by atoms with Crippen LogP contribution in [0.15, 0.2) is 0 Å². The standard InChI is InChI=1S/C11H21NO3/c1-8(5-10(14)15)7-12-9(13)6-11(2,3)4/h8H,5-7H2,1-4H3,(H,12,13)(H,14,15). The minimum atomic E-state index is -0.826. The van der Waals surface area contributed by atoms with Gasteiger partial charge in [0.15, 0.2) is 0 Å². The molecule has 0 aliphatic rings. The van der Waals surface area contributed by atoms with Gasteiger partial charge in [0.1, 0.15) is 0 Å². The number of nitrogens with one attached hydrogen (secondary N) is 1. The van der Waals surface area contributed by atoms with E-state index in [0.29, 0.717) is 13.0 Å². The van der Waals surface area contributed by atoms with Gasteiger partial charge in [-0.1, -0.05) is 27.7 Å². The van der Waals surface area contributed by atoms with E-state index < -0.39 is 5.97 Å². The summed E-state index contributed by atoms with van der Waals surface area (Å²) in [4.78, 5) is 21.8. The van der Waals surface area contributed by atoms with E-state index in [1.54, 1.807) is 0 Å². The molecule has 88 valence electrons. The average molecular weight is 215 g/mol. The Labute approximate surface area is 91.1 Å². The molecule has 0 spiro atoms. The molecule has 2 N–H and O–H groups in total. The van der Waals surface area contributed by atoms with E-state index in [0.717, 1.165) is 0 Å². The summed E-state index contributed by atoms with van der Waals surface area (Å²) in [6, 6.07) is 0. The Morgan fingerprint density at radius 1 is 1.33 bits per heavy atom. The number of rotatable bonds is 5. The molecule has 0 aliphatic carbocycles. The maximum Gasteiger partial charge on any atom is 0.303 e. The molecule has 0 aromatic heterocycles. The molecule has 0 aromatic carbocycles. The monoisotopic (exact) mass is 215 g/mol. The van der Waals surface area contributed by atoms with Gasteiger partial charge in [0, 0.05) is 19.4 Å². The lowest BCUT2D eigenvalue weighted by Crippen LogP contribution is -2.31. The minimum Gasteiger partial charge on any atom is -0.481 e. The summed E-state index contributed by atoms with van der Waals surface area (Å²) in [6.07, 6.45) is 0.558. The van der Waals surface area contributed by atoms with Crippen molar-refractivity contribution in [2.24, 2.45) is 11.3 Å². The molecular formula is C11H21NO3. The second-order valence-corrected chi connectivity index (χ2v) is 5.24. The average Bonchev–Trinajstić information content (AvgIpc) is 1.96. The van der Waals surface area contributed by atoms with Crippen molar-refractivity contribution in [2.75, 3.05) is 6.54 Å². The highest BCUT2D eigenvalue weighted by Crippen LogP contribution is 2.17. The lowest BCUT2D eigenvalue weighted by atomic mass is 9.92. The van der Waals surface area contributed by atoms with E-state index >= 15 is 0 Å². The van der Waals surface area contributed by atoms with Crippen LogP contribution in [0.4, 0.5) is 0 Å². The first-order valence-electron chi connectivity index (χ1n) is 5.19. The molecule has 0 bridgehead atoms. The van der Waals surface area contributed by atoms with Crippen LogP contribution in [0.2, 0.25) is 0 Å². The van der Waals surface area contributed by atoms with Crippen LogP contribution in [0.5, 0.6) is 0 Å². The lowest BCUT2D eigenvalue weighted by Gasteiger charge is -2.18. The Bertz CT molecular complexity index is 230. The van der Waals surface area contributed by atoms with Crippen LogP contribution in [0.25, 0.3) is 0 Å². The molecule has 15 heavy (non-hydrogen) atoms. The molecule has 0 fully saturated rings. The number of carboxylic acid groups (broad SMARTS) is 1. The summed E-state index contributed by atoms with van der Waals surface area (Å²) < 4.78 is 0. The molecule has 0 saturated heterocycles. The number of carbonyl (C=O) groups is 2. The molecule has 1 unspecified atom stereocenters. The van der Waals surface area contributed by atoms with Crippen molar-refractivity contribution >= 4 is 11.9 Å². The maximum atomic E-state index is 11.4. The fourth-order valence-corrected chi connectivity index (χ4v) is 1.20. The first-order chi connectivity index (χ1) is 6.70.